The number of aliphatic carboxylic acids is 1. The number of hydrogen-bond acceptors (Lipinski definition) is 6. The van der Waals surface area contributed by atoms with Gasteiger partial charge in [-0.1, -0.05) is 23.7 Å². The Morgan fingerprint density at radius 3 is 2.69 bits per heavy atom. The van der Waals surface area contributed by atoms with E-state index in [4.69, 9.17) is 20.8 Å². The Balaban J connectivity index is 1.17. The predicted octanol–water partition coefficient (Wildman–Crippen LogP) is 5.81. The summed E-state index contributed by atoms with van der Waals surface area (Å²) in [6.07, 6.45) is 3.35. The number of amides is 1. The SMILES string of the molecule is Cc1oc(Cc2cccc(Cl)c2)nc1-c1ccc(OCc2ccc(C(=O)N3CCC[C@@H](C(=O)O)C3)cn2)cc1. The van der Waals surface area contributed by atoms with Crippen molar-refractivity contribution in [2.24, 2.45) is 5.92 Å². The molecule has 1 fully saturated rings. The third kappa shape index (κ3) is 6.46. The number of carboxylic acids is 1. The fourth-order valence-corrected chi connectivity index (χ4v) is 4.88. The smallest absolute Gasteiger partial charge is 0.308 e. The third-order valence-corrected chi connectivity index (χ3v) is 6.96. The minimum atomic E-state index is -0.860. The number of pyridine rings is 1. The first-order valence-corrected chi connectivity index (χ1v) is 13.1. The molecule has 1 aliphatic heterocycles. The molecule has 3 heterocycles. The van der Waals surface area contributed by atoms with Gasteiger partial charge in [0, 0.05) is 36.3 Å². The van der Waals surface area contributed by atoms with Crippen molar-refractivity contribution in [1.82, 2.24) is 14.9 Å². The summed E-state index contributed by atoms with van der Waals surface area (Å²) in [6.45, 7) is 2.92. The highest BCUT2D eigenvalue weighted by Gasteiger charge is 2.28. The molecule has 1 atom stereocenters. The van der Waals surface area contributed by atoms with E-state index in [1.165, 1.54) is 6.20 Å². The normalized spacial score (nSPS) is 15.2. The average Bonchev–Trinajstić information content (AvgIpc) is 3.31. The number of ether oxygens (including phenoxy) is 1. The zero-order valence-corrected chi connectivity index (χ0v) is 22.2. The Kier molecular flexibility index (Phi) is 7.93. The maximum Gasteiger partial charge on any atom is 0.308 e. The number of carbonyl (C=O) groups is 2. The number of aryl methyl sites for hydroxylation is 1. The summed E-state index contributed by atoms with van der Waals surface area (Å²) in [7, 11) is 0. The van der Waals surface area contributed by atoms with Gasteiger partial charge >= 0.3 is 5.97 Å². The molecule has 4 aromatic rings. The monoisotopic (exact) mass is 545 g/mol. The van der Waals surface area contributed by atoms with Crippen LogP contribution in [0.4, 0.5) is 0 Å². The number of rotatable bonds is 8. The topological polar surface area (TPSA) is 106 Å². The van der Waals surface area contributed by atoms with Crippen LogP contribution in [0.5, 0.6) is 5.75 Å². The lowest BCUT2D eigenvalue weighted by Gasteiger charge is -2.30. The van der Waals surface area contributed by atoms with Crippen LogP contribution in [-0.4, -0.2) is 44.9 Å². The van der Waals surface area contributed by atoms with E-state index in [1.807, 2.05) is 55.5 Å². The van der Waals surface area contributed by atoms with Gasteiger partial charge in [-0.3, -0.25) is 14.6 Å². The van der Waals surface area contributed by atoms with E-state index in [9.17, 15) is 14.7 Å². The maximum atomic E-state index is 12.8. The standard InChI is InChI=1S/C30H28ClN3O5/c1-19-28(33-27(39-19)15-20-4-2-6-24(31)14-20)21-8-11-26(12-9-21)38-18-25-10-7-22(16-32-25)29(35)34-13-3-5-23(17-34)30(36)37/h2,4,6-12,14,16,23H,3,5,13,15,17-18H2,1H3,(H,36,37)/t23-/m1/s1. The Hall–Kier alpha value is -4.17. The van der Waals surface area contributed by atoms with Gasteiger partial charge in [0.05, 0.1) is 17.2 Å². The summed E-state index contributed by atoms with van der Waals surface area (Å²) in [5.74, 6) is 0.465. The minimum absolute atomic E-state index is 0.199. The number of carbonyl (C=O) groups excluding carboxylic acids is 1. The maximum absolute atomic E-state index is 12.8. The molecule has 1 N–H and O–H groups in total. The molecule has 1 saturated heterocycles. The van der Waals surface area contributed by atoms with Crippen LogP contribution in [0, 0.1) is 12.8 Å². The van der Waals surface area contributed by atoms with Crippen LogP contribution >= 0.6 is 11.6 Å². The van der Waals surface area contributed by atoms with Crippen LogP contribution in [0.2, 0.25) is 5.02 Å². The lowest BCUT2D eigenvalue weighted by Crippen LogP contribution is -2.42. The molecular weight excluding hydrogens is 518 g/mol. The van der Waals surface area contributed by atoms with Gasteiger partial charge in [0.2, 0.25) is 0 Å². The van der Waals surface area contributed by atoms with Crippen molar-refractivity contribution >= 4 is 23.5 Å². The molecule has 200 valence electrons. The first kappa shape index (κ1) is 26.4. The number of aromatic nitrogens is 2. The van der Waals surface area contributed by atoms with E-state index < -0.39 is 11.9 Å². The van der Waals surface area contributed by atoms with E-state index in [0.717, 1.165) is 22.6 Å². The molecule has 2 aromatic carbocycles. The number of nitrogens with zero attached hydrogens (tertiary/aromatic N) is 3. The van der Waals surface area contributed by atoms with Crippen molar-refractivity contribution in [3.8, 4) is 17.0 Å². The summed E-state index contributed by atoms with van der Waals surface area (Å²) >= 11 is 6.09. The van der Waals surface area contributed by atoms with Crippen molar-refractivity contribution in [2.45, 2.75) is 32.8 Å². The fraction of sp³-hybridized carbons (Fsp3) is 0.267. The van der Waals surface area contributed by atoms with Gasteiger partial charge in [0.1, 0.15) is 23.8 Å². The summed E-state index contributed by atoms with van der Waals surface area (Å²) < 4.78 is 11.8. The second-order valence-corrected chi connectivity index (χ2v) is 10.0. The molecule has 1 aliphatic rings. The molecule has 0 bridgehead atoms. The minimum Gasteiger partial charge on any atom is -0.487 e. The molecule has 0 spiro atoms. The molecule has 0 unspecified atom stereocenters. The van der Waals surface area contributed by atoms with Gasteiger partial charge in [0.15, 0.2) is 5.89 Å². The summed E-state index contributed by atoms with van der Waals surface area (Å²) in [5, 5.41) is 9.95. The van der Waals surface area contributed by atoms with Crippen molar-refractivity contribution in [3.05, 3.63) is 100 Å². The predicted molar refractivity (Wildman–Crippen MR) is 146 cm³/mol. The molecule has 9 heteroatoms. The summed E-state index contributed by atoms with van der Waals surface area (Å²) in [4.78, 5) is 34.7. The van der Waals surface area contributed by atoms with E-state index in [2.05, 4.69) is 9.97 Å². The van der Waals surface area contributed by atoms with Gasteiger partial charge in [0.25, 0.3) is 5.91 Å². The molecule has 5 rings (SSSR count). The van der Waals surface area contributed by atoms with E-state index >= 15 is 0 Å². The van der Waals surface area contributed by atoms with Crippen molar-refractivity contribution in [1.29, 1.82) is 0 Å². The molecule has 0 saturated carbocycles. The van der Waals surface area contributed by atoms with Crippen LogP contribution in [0.15, 0.2) is 71.3 Å². The van der Waals surface area contributed by atoms with Crippen molar-refractivity contribution < 1.29 is 23.8 Å². The van der Waals surface area contributed by atoms with E-state index in [0.29, 0.717) is 53.7 Å². The molecule has 0 radical (unpaired) electrons. The Morgan fingerprint density at radius 2 is 1.97 bits per heavy atom. The van der Waals surface area contributed by atoms with Crippen LogP contribution in [0.3, 0.4) is 0 Å². The molecule has 2 aromatic heterocycles. The number of likely N-dealkylation sites (tertiary alicyclic amines) is 1. The average molecular weight is 546 g/mol. The number of carboxylic acid groups (broad SMARTS) is 1. The highest BCUT2D eigenvalue weighted by molar-refractivity contribution is 6.30. The van der Waals surface area contributed by atoms with Crippen LogP contribution in [-0.2, 0) is 17.8 Å². The van der Waals surface area contributed by atoms with E-state index in [1.54, 1.807) is 17.0 Å². The molecule has 8 nitrogen and oxygen atoms in total. The molecule has 0 aliphatic carbocycles. The zero-order valence-electron chi connectivity index (χ0n) is 21.5. The lowest BCUT2D eigenvalue weighted by atomic mass is 9.98. The fourth-order valence-electron chi connectivity index (χ4n) is 4.66. The van der Waals surface area contributed by atoms with E-state index in [-0.39, 0.29) is 19.1 Å². The largest absolute Gasteiger partial charge is 0.487 e. The van der Waals surface area contributed by atoms with Crippen molar-refractivity contribution in [3.63, 3.8) is 0 Å². The van der Waals surface area contributed by atoms with Crippen molar-refractivity contribution in [2.75, 3.05) is 13.1 Å². The number of hydrogen-bond donors (Lipinski definition) is 1. The zero-order chi connectivity index (χ0) is 27.4. The third-order valence-electron chi connectivity index (χ3n) is 6.73. The number of piperidine rings is 1. The first-order valence-electron chi connectivity index (χ1n) is 12.8. The van der Waals surface area contributed by atoms with Gasteiger partial charge < -0.3 is 19.2 Å². The van der Waals surface area contributed by atoms with Gasteiger partial charge in [-0.2, -0.15) is 0 Å². The Labute approximate surface area is 231 Å². The highest BCUT2D eigenvalue weighted by atomic mass is 35.5. The quantitative estimate of drug-likeness (QED) is 0.298. The van der Waals surface area contributed by atoms with Gasteiger partial charge in [-0.15, -0.1) is 0 Å². The second kappa shape index (κ2) is 11.7. The van der Waals surface area contributed by atoms with Crippen LogP contribution < -0.4 is 4.74 Å². The van der Waals surface area contributed by atoms with Crippen LogP contribution in [0.1, 0.15) is 46.1 Å². The Bertz CT molecular complexity index is 1470. The molecule has 39 heavy (non-hydrogen) atoms. The first-order chi connectivity index (χ1) is 18.9. The van der Waals surface area contributed by atoms with Gasteiger partial charge in [-0.05, 0) is 73.9 Å². The Morgan fingerprint density at radius 1 is 1.15 bits per heavy atom. The van der Waals surface area contributed by atoms with Gasteiger partial charge in [-0.25, -0.2) is 4.98 Å². The highest BCUT2D eigenvalue weighted by Crippen LogP contribution is 2.27. The molecule has 1 amide bonds. The lowest BCUT2D eigenvalue weighted by molar-refractivity contribution is -0.143. The second-order valence-electron chi connectivity index (χ2n) is 9.60. The summed E-state index contributed by atoms with van der Waals surface area (Å²) in [5.41, 5.74) is 3.85. The number of benzene rings is 2. The number of oxazole rings is 1. The molecular formula is C30H28ClN3O5. The number of halogens is 1. The summed E-state index contributed by atoms with van der Waals surface area (Å²) in [6, 6.07) is 18.7. The van der Waals surface area contributed by atoms with Crippen LogP contribution in [0.25, 0.3) is 11.3 Å².